The van der Waals surface area contributed by atoms with Crippen molar-refractivity contribution in [3.8, 4) is 11.5 Å². The highest BCUT2D eigenvalue weighted by Gasteiger charge is 2.26. The number of amides is 2. The van der Waals surface area contributed by atoms with Gasteiger partial charge in [-0.15, -0.1) is 0 Å². The van der Waals surface area contributed by atoms with Crippen molar-refractivity contribution in [2.75, 3.05) is 12.1 Å². The third-order valence-electron chi connectivity index (χ3n) is 4.46. The first kappa shape index (κ1) is 15.5. The van der Waals surface area contributed by atoms with E-state index >= 15 is 0 Å². The Labute approximate surface area is 145 Å². The molecule has 0 aromatic heterocycles. The van der Waals surface area contributed by atoms with E-state index in [0.29, 0.717) is 19.4 Å². The van der Waals surface area contributed by atoms with Gasteiger partial charge in [0.25, 0.3) is 0 Å². The number of para-hydroxylation sites is 1. The lowest BCUT2D eigenvalue weighted by Crippen LogP contribution is -2.37. The third kappa shape index (κ3) is 3.28. The quantitative estimate of drug-likeness (QED) is 0.838. The maximum atomic E-state index is 11.6. The number of imide groups is 1. The van der Waals surface area contributed by atoms with Gasteiger partial charge in [0, 0.05) is 36.6 Å². The molecular weight excluding hydrogens is 320 g/mol. The molecule has 2 aromatic carbocycles. The molecule has 0 saturated carbocycles. The number of hydrogen-bond acceptors (Lipinski definition) is 5. The fraction of sp³-hybridized carbons (Fsp3) is 0.263. The predicted molar refractivity (Wildman–Crippen MR) is 91.5 cm³/mol. The fourth-order valence-electron chi connectivity index (χ4n) is 3.24. The van der Waals surface area contributed by atoms with Gasteiger partial charge in [-0.25, -0.2) is 0 Å². The van der Waals surface area contributed by atoms with Crippen molar-refractivity contribution in [1.82, 2.24) is 5.32 Å². The van der Waals surface area contributed by atoms with Gasteiger partial charge in [-0.05, 0) is 23.8 Å². The average Bonchev–Trinajstić information content (AvgIpc) is 3.09. The van der Waals surface area contributed by atoms with Gasteiger partial charge in [0.2, 0.25) is 18.6 Å². The summed E-state index contributed by atoms with van der Waals surface area (Å²) in [6.07, 6.45) is 0.680. The first-order valence-electron chi connectivity index (χ1n) is 8.23. The van der Waals surface area contributed by atoms with Crippen LogP contribution in [0.4, 0.5) is 5.69 Å². The van der Waals surface area contributed by atoms with E-state index in [0.717, 1.165) is 28.3 Å². The van der Waals surface area contributed by atoms with Crippen LogP contribution < -0.4 is 20.1 Å². The molecule has 0 unspecified atom stereocenters. The largest absolute Gasteiger partial charge is 0.454 e. The van der Waals surface area contributed by atoms with Gasteiger partial charge >= 0.3 is 0 Å². The lowest BCUT2D eigenvalue weighted by molar-refractivity contribution is -0.133. The summed E-state index contributed by atoms with van der Waals surface area (Å²) in [5.74, 6) is 1.05. The second-order valence-corrected chi connectivity index (χ2v) is 6.21. The summed E-state index contributed by atoms with van der Waals surface area (Å²) < 4.78 is 10.9. The monoisotopic (exact) mass is 338 g/mol. The van der Waals surface area contributed by atoms with Crippen LogP contribution in [0.1, 0.15) is 29.9 Å². The van der Waals surface area contributed by atoms with Crippen LogP contribution in [-0.2, 0) is 16.1 Å². The molecule has 6 heteroatoms. The lowest BCUT2D eigenvalue weighted by Gasteiger charge is -2.21. The van der Waals surface area contributed by atoms with E-state index in [1.165, 1.54) is 0 Å². The van der Waals surface area contributed by atoms with E-state index < -0.39 is 0 Å². The normalized spacial score (nSPS) is 16.6. The molecule has 0 aliphatic carbocycles. The summed E-state index contributed by atoms with van der Waals surface area (Å²) in [5.41, 5.74) is 2.95. The van der Waals surface area contributed by atoms with Crippen LogP contribution in [0.15, 0.2) is 42.5 Å². The van der Waals surface area contributed by atoms with Crippen molar-refractivity contribution in [2.24, 2.45) is 0 Å². The lowest BCUT2D eigenvalue weighted by atomic mass is 9.89. The summed E-state index contributed by atoms with van der Waals surface area (Å²) in [4.78, 5) is 23.2. The van der Waals surface area contributed by atoms with E-state index in [4.69, 9.17) is 9.47 Å². The molecule has 1 fully saturated rings. The minimum Gasteiger partial charge on any atom is -0.454 e. The molecule has 0 atom stereocenters. The summed E-state index contributed by atoms with van der Waals surface area (Å²) in [6, 6.07) is 13.7. The number of carbonyl (C=O) groups is 2. The van der Waals surface area contributed by atoms with Crippen LogP contribution in [-0.4, -0.2) is 18.6 Å². The van der Waals surface area contributed by atoms with Crippen molar-refractivity contribution in [3.63, 3.8) is 0 Å². The molecule has 128 valence electrons. The van der Waals surface area contributed by atoms with E-state index in [1.54, 1.807) is 0 Å². The number of nitrogens with one attached hydrogen (secondary N) is 2. The molecule has 2 aromatic rings. The summed E-state index contributed by atoms with van der Waals surface area (Å²) in [5, 5.41) is 5.72. The SMILES string of the molecule is O=C1CC(c2cccc(NCc3cccc4c3OCO4)c2)CC(=O)N1. The molecule has 2 aliphatic rings. The standard InChI is InChI=1S/C19H18N2O4/c22-17-8-14(9-18(23)21-17)12-3-1-5-15(7-12)20-10-13-4-2-6-16-19(13)25-11-24-16/h1-7,14,20H,8-11H2,(H,21,22,23). The van der Waals surface area contributed by atoms with Crippen LogP contribution in [0.5, 0.6) is 11.5 Å². The molecule has 2 heterocycles. The third-order valence-corrected chi connectivity index (χ3v) is 4.46. The number of rotatable bonds is 4. The molecule has 2 aliphatic heterocycles. The van der Waals surface area contributed by atoms with Crippen molar-refractivity contribution in [3.05, 3.63) is 53.6 Å². The van der Waals surface area contributed by atoms with Crippen molar-refractivity contribution in [1.29, 1.82) is 0 Å². The Balaban J connectivity index is 1.48. The number of ether oxygens (including phenoxy) is 2. The van der Waals surface area contributed by atoms with Crippen molar-refractivity contribution < 1.29 is 19.1 Å². The maximum absolute atomic E-state index is 11.6. The molecule has 6 nitrogen and oxygen atoms in total. The molecular formula is C19H18N2O4. The number of fused-ring (bicyclic) bond motifs is 1. The first-order valence-corrected chi connectivity index (χ1v) is 8.23. The maximum Gasteiger partial charge on any atom is 0.231 e. The number of carbonyl (C=O) groups excluding carboxylic acids is 2. The second kappa shape index (κ2) is 6.47. The minimum atomic E-state index is -0.211. The first-order chi connectivity index (χ1) is 12.2. The zero-order valence-electron chi connectivity index (χ0n) is 13.6. The van der Waals surface area contributed by atoms with Gasteiger partial charge in [0.05, 0.1) is 0 Å². The fourth-order valence-corrected chi connectivity index (χ4v) is 3.24. The smallest absolute Gasteiger partial charge is 0.231 e. The van der Waals surface area contributed by atoms with Gasteiger partial charge < -0.3 is 14.8 Å². The Hall–Kier alpha value is -3.02. The Kier molecular flexibility index (Phi) is 4.01. The Morgan fingerprint density at radius 3 is 2.68 bits per heavy atom. The highest BCUT2D eigenvalue weighted by atomic mass is 16.7. The number of hydrogen-bond donors (Lipinski definition) is 2. The Morgan fingerprint density at radius 1 is 1.04 bits per heavy atom. The Morgan fingerprint density at radius 2 is 1.84 bits per heavy atom. The van der Waals surface area contributed by atoms with Crippen LogP contribution in [0.3, 0.4) is 0 Å². The molecule has 0 bridgehead atoms. The summed E-state index contributed by atoms with van der Waals surface area (Å²) in [7, 11) is 0. The van der Waals surface area contributed by atoms with Gasteiger partial charge in [-0.1, -0.05) is 24.3 Å². The van der Waals surface area contributed by atoms with Gasteiger partial charge in [-0.3, -0.25) is 14.9 Å². The van der Waals surface area contributed by atoms with Crippen LogP contribution >= 0.6 is 0 Å². The van der Waals surface area contributed by atoms with Crippen LogP contribution in [0, 0.1) is 0 Å². The molecule has 25 heavy (non-hydrogen) atoms. The zero-order valence-corrected chi connectivity index (χ0v) is 13.6. The molecule has 2 N–H and O–H groups in total. The average molecular weight is 338 g/mol. The van der Waals surface area contributed by atoms with E-state index in [2.05, 4.69) is 10.6 Å². The molecule has 0 radical (unpaired) electrons. The minimum absolute atomic E-state index is 0.0688. The summed E-state index contributed by atoms with van der Waals surface area (Å²) >= 11 is 0. The zero-order chi connectivity index (χ0) is 17.2. The van der Waals surface area contributed by atoms with Gasteiger partial charge in [-0.2, -0.15) is 0 Å². The number of benzene rings is 2. The topological polar surface area (TPSA) is 76.7 Å². The van der Waals surface area contributed by atoms with E-state index in [-0.39, 0.29) is 24.5 Å². The van der Waals surface area contributed by atoms with Gasteiger partial charge in [0.15, 0.2) is 11.5 Å². The van der Waals surface area contributed by atoms with Crippen molar-refractivity contribution >= 4 is 17.5 Å². The van der Waals surface area contributed by atoms with E-state index in [1.807, 2.05) is 42.5 Å². The molecule has 0 spiro atoms. The van der Waals surface area contributed by atoms with E-state index in [9.17, 15) is 9.59 Å². The predicted octanol–water partition coefficient (Wildman–Crippen LogP) is 2.55. The highest BCUT2D eigenvalue weighted by Crippen LogP contribution is 2.35. The molecule has 4 rings (SSSR count). The molecule has 1 saturated heterocycles. The molecule has 2 amide bonds. The summed E-state index contributed by atoms with van der Waals surface area (Å²) in [6.45, 7) is 0.847. The number of anilines is 1. The van der Waals surface area contributed by atoms with Crippen LogP contribution in [0.25, 0.3) is 0 Å². The second-order valence-electron chi connectivity index (χ2n) is 6.21. The van der Waals surface area contributed by atoms with Gasteiger partial charge in [0.1, 0.15) is 0 Å². The Bertz CT molecular complexity index is 818. The highest BCUT2D eigenvalue weighted by molar-refractivity contribution is 5.98. The van der Waals surface area contributed by atoms with Crippen molar-refractivity contribution in [2.45, 2.75) is 25.3 Å². The number of piperidine rings is 1. The van der Waals surface area contributed by atoms with Crippen LogP contribution in [0.2, 0.25) is 0 Å².